The van der Waals surface area contributed by atoms with Gasteiger partial charge in [-0.05, 0) is 44.9 Å². The maximum Gasteiger partial charge on any atom is 0.240 e. The fourth-order valence-corrected chi connectivity index (χ4v) is 2.56. The molecule has 0 saturated carbocycles. The minimum atomic E-state index is -1.27. The second kappa shape index (κ2) is 7.89. The van der Waals surface area contributed by atoms with Gasteiger partial charge in [0.15, 0.2) is 5.82 Å². The summed E-state index contributed by atoms with van der Waals surface area (Å²) in [6, 6.07) is 6.77. The molecule has 2 amide bonds. The van der Waals surface area contributed by atoms with Crippen molar-refractivity contribution in [2.75, 3.05) is 11.9 Å². The van der Waals surface area contributed by atoms with E-state index in [1.165, 1.54) is 0 Å². The van der Waals surface area contributed by atoms with Gasteiger partial charge in [0, 0.05) is 22.7 Å². The maximum absolute atomic E-state index is 12.4. The molecular formula is C17H19Cl2N3O3. The summed E-state index contributed by atoms with van der Waals surface area (Å²) in [4.78, 5) is 24.7. The highest BCUT2D eigenvalue weighted by molar-refractivity contribution is 6.35. The lowest BCUT2D eigenvalue weighted by atomic mass is 9.91. The highest BCUT2D eigenvalue weighted by Gasteiger charge is 2.36. The lowest BCUT2D eigenvalue weighted by molar-refractivity contribution is -0.138. The molecule has 0 aliphatic carbocycles. The number of aromatic nitrogens is 1. The first-order valence-electron chi connectivity index (χ1n) is 7.67. The molecule has 2 N–H and O–H groups in total. The topological polar surface area (TPSA) is 84.2 Å². The summed E-state index contributed by atoms with van der Waals surface area (Å²) < 4.78 is 4.88. The Morgan fingerprint density at radius 3 is 2.52 bits per heavy atom. The Labute approximate surface area is 155 Å². The summed E-state index contributed by atoms with van der Waals surface area (Å²) >= 11 is 12.0. The number of amides is 2. The molecule has 6 nitrogen and oxygen atoms in total. The summed E-state index contributed by atoms with van der Waals surface area (Å²) in [5, 5.41) is 10.1. The van der Waals surface area contributed by atoms with Gasteiger partial charge in [-0.25, -0.2) is 0 Å². The number of carbonyl (C=O) groups is 2. The number of carbonyl (C=O) groups excluding carboxylic acids is 2. The van der Waals surface area contributed by atoms with E-state index >= 15 is 0 Å². The zero-order chi connectivity index (χ0) is 18.6. The first-order valence-corrected chi connectivity index (χ1v) is 8.42. The third kappa shape index (κ3) is 4.96. The number of aryl methyl sites for hydroxylation is 1. The molecule has 0 atom stereocenters. The lowest BCUT2D eigenvalue weighted by Crippen LogP contribution is -2.45. The predicted octanol–water partition coefficient (Wildman–Crippen LogP) is 3.61. The minimum Gasteiger partial charge on any atom is -0.360 e. The van der Waals surface area contributed by atoms with Crippen LogP contribution < -0.4 is 10.6 Å². The van der Waals surface area contributed by atoms with E-state index in [1.54, 1.807) is 39.0 Å². The van der Waals surface area contributed by atoms with Crippen LogP contribution in [-0.4, -0.2) is 23.5 Å². The minimum absolute atomic E-state index is 0.274. The van der Waals surface area contributed by atoms with Gasteiger partial charge in [0.1, 0.15) is 11.2 Å². The van der Waals surface area contributed by atoms with Gasteiger partial charge in [-0.2, -0.15) is 0 Å². The van der Waals surface area contributed by atoms with E-state index in [4.69, 9.17) is 27.7 Å². The second-order valence-electron chi connectivity index (χ2n) is 6.14. The van der Waals surface area contributed by atoms with E-state index < -0.39 is 17.2 Å². The van der Waals surface area contributed by atoms with Crippen LogP contribution >= 0.6 is 23.2 Å². The first kappa shape index (κ1) is 19.3. The zero-order valence-corrected chi connectivity index (χ0v) is 15.7. The van der Waals surface area contributed by atoms with Crippen LogP contribution in [-0.2, 0) is 16.0 Å². The summed E-state index contributed by atoms with van der Waals surface area (Å²) in [5.41, 5.74) is -0.400. The molecular weight excluding hydrogens is 365 g/mol. The molecule has 0 unspecified atom stereocenters. The van der Waals surface area contributed by atoms with E-state index in [0.717, 1.165) is 5.56 Å². The summed E-state index contributed by atoms with van der Waals surface area (Å²) in [5.74, 6) is -0.0214. The van der Waals surface area contributed by atoms with Crippen molar-refractivity contribution in [1.82, 2.24) is 10.5 Å². The van der Waals surface area contributed by atoms with Gasteiger partial charge in [0.25, 0.3) is 0 Å². The van der Waals surface area contributed by atoms with Gasteiger partial charge >= 0.3 is 0 Å². The monoisotopic (exact) mass is 383 g/mol. The standard InChI is InChI=1S/C17H19Cl2N3O3/c1-10-8-14(22-25-10)21-16(24)17(2,3)15(23)20-7-6-11-4-5-12(18)9-13(11)19/h4-5,8-9H,6-7H2,1-3H3,(H,20,23)(H,21,22,24). The molecule has 25 heavy (non-hydrogen) atoms. The smallest absolute Gasteiger partial charge is 0.240 e. The number of hydrogen-bond acceptors (Lipinski definition) is 4. The Hall–Kier alpha value is -2.05. The molecule has 1 heterocycles. The Balaban J connectivity index is 1.90. The van der Waals surface area contributed by atoms with Gasteiger partial charge in [0.05, 0.1) is 0 Å². The van der Waals surface area contributed by atoms with E-state index in [-0.39, 0.29) is 5.82 Å². The van der Waals surface area contributed by atoms with E-state index in [1.807, 2.05) is 6.07 Å². The Morgan fingerprint density at radius 2 is 1.92 bits per heavy atom. The van der Waals surface area contributed by atoms with Gasteiger partial charge in [-0.3, -0.25) is 9.59 Å². The van der Waals surface area contributed by atoms with Crippen LogP contribution in [0.3, 0.4) is 0 Å². The van der Waals surface area contributed by atoms with Crippen LogP contribution in [0, 0.1) is 12.3 Å². The predicted molar refractivity (Wildman–Crippen MR) is 96.8 cm³/mol. The number of halogens is 2. The fourth-order valence-electron chi connectivity index (χ4n) is 2.06. The van der Waals surface area contributed by atoms with Crippen molar-refractivity contribution in [3.8, 4) is 0 Å². The van der Waals surface area contributed by atoms with Crippen molar-refractivity contribution in [3.63, 3.8) is 0 Å². The second-order valence-corrected chi connectivity index (χ2v) is 6.99. The number of anilines is 1. The van der Waals surface area contributed by atoms with Crippen molar-refractivity contribution < 1.29 is 14.1 Å². The molecule has 134 valence electrons. The van der Waals surface area contributed by atoms with Crippen LogP contribution in [0.4, 0.5) is 5.82 Å². The van der Waals surface area contributed by atoms with Gasteiger partial charge in [-0.15, -0.1) is 0 Å². The molecule has 0 aliphatic rings. The molecule has 0 saturated heterocycles. The average Bonchev–Trinajstić information content (AvgIpc) is 2.94. The van der Waals surface area contributed by atoms with Crippen molar-refractivity contribution in [2.45, 2.75) is 27.2 Å². The molecule has 0 aliphatic heterocycles. The van der Waals surface area contributed by atoms with Crippen molar-refractivity contribution >= 4 is 40.8 Å². The van der Waals surface area contributed by atoms with E-state index in [2.05, 4.69) is 15.8 Å². The van der Waals surface area contributed by atoms with Gasteiger partial charge < -0.3 is 15.2 Å². The molecule has 2 rings (SSSR count). The largest absolute Gasteiger partial charge is 0.360 e. The van der Waals surface area contributed by atoms with Crippen molar-refractivity contribution in [3.05, 3.63) is 45.6 Å². The zero-order valence-electron chi connectivity index (χ0n) is 14.2. The number of benzene rings is 1. The van der Waals surface area contributed by atoms with Crippen LogP contribution in [0.1, 0.15) is 25.2 Å². The van der Waals surface area contributed by atoms with Crippen molar-refractivity contribution in [1.29, 1.82) is 0 Å². The quantitative estimate of drug-likeness (QED) is 0.746. The van der Waals surface area contributed by atoms with Crippen molar-refractivity contribution in [2.24, 2.45) is 5.41 Å². The molecule has 1 aromatic carbocycles. The van der Waals surface area contributed by atoms with Crippen LogP contribution in [0.2, 0.25) is 10.0 Å². The lowest BCUT2D eigenvalue weighted by Gasteiger charge is -2.22. The molecule has 0 radical (unpaired) electrons. The number of nitrogens with zero attached hydrogens (tertiary/aromatic N) is 1. The number of nitrogens with one attached hydrogen (secondary N) is 2. The molecule has 2 aromatic rings. The summed E-state index contributed by atoms with van der Waals surface area (Å²) in [7, 11) is 0. The highest BCUT2D eigenvalue weighted by atomic mass is 35.5. The molecule has 0 fully saturated rings. The average molecular weight is 384 g/mol. The third-order valence-corrected chi connectivity index (χ3v) is 4.29. The Bertz CT molecular complexity index is 787. The Morgan fingerprint density at radius 1 is 1.20 bits per heavy atom. The highest BCUT2D eigenvalue weighted by Crippen LogP contribution is 2.22. The molecule has 0 bridgehead atoms. The number of hydrogen-bond donors (Lipinski definition) is 2. The maximum atomic E-state index is 12.4. The van der Waals surface area contributed by atoms with Crippen LogP contribution in [0.15, 0.2) is 28.8 Å². The SMILES string of the molecule is Cc1cc(NC(=O)C(C)(C)C(=O)NCCc2ccc(Cl)cc2Cl)no1. The Kier molecular flexibility index (Phi) is 6.08. The molecule has 1 aromatic heterocycles. The fraction of sp³-hybridized carbons (Fsp3) is 0.353. The van der Waals surface area contributed by atoms with E-state index in [9.17, 15) is 9.59 Å². The van der Waals surface area contributed by atoms with Gasteiger partial charge in [0.2, 0.25) is 11.8 Å². The van der Waals surface area contributed by atoms with E-state index in [0.29, 0.717) is 28.8 Å². The first-order chi connectivity index (χ1) is 11.7. The van der Waals surface area contributed by atoms with Gasteiger partial charge in [-0.1, -0.05) is 34.4 Å². The normalized spacial score (nSPS) is 11.2. The third-order valence-electron chi connectivity index (χ3n) is 3.70. The molecule has 8 heteroatoms. The summed E-state index contributed by atoms with van der Waals surface area (Å²) in [6.45, 7) is 5.14. The molecule has 0 spiro atoms. The van der Waals surface area contributed by atoms with Crippen LogP contribution in [0.25, 0.3) is 0 Å². The summed E-state index contributed by atoms with van der Waals surface area (Å²) in [6.07, 6.45) is 0.530. The number of rotatable bonds is 6. The van der Waals surface area contributed by atoms with Crippen LogP contribution in [0.5, 0.6) is 0 Å².